The van der Waals surface area contributed by atoms with Gasteiger partial charge in [0.15, 0.2) is 0 Å². The van der Waals surface area contributed by atoms with Crippen molar-refractivity contribution in [3.63, 3.8) is 0 Å². The van der Waals surface area contributed by atoms with E-state index in [0.717, 1.165) is 5.56 Å². The monoisotopic (exact) mass is 256 g/mol. The van der Waals surface area contributed by atoms with Crippen LogP contribution in [0.15, 0.2) is 28.6 Å². The van der Waals surface area contributed by atoms with Crippen LogP contribution in [-0.2, 0) is 20.2 Å². The summed E-state index contributed by atoms with van der Waals surface area (Å²) >= 11 is 0. The molecular weight excluding hydrogens is 240 g/mol. The Morgan fingerprint density at radius 2 is 2.24 bits per heavy atom. The molecule has 0 saturated carbocycles. The molecule has 0 bridgehead atoms. The molecule has 0 saturated heterocycles. The second-order valence-corrected chi connectivity index (χ2v) is 6.03. The maximum atomic E-state index is 12.0. The highest BCUT2D eigenvalue weighted by Crippen LogP contribution is 2.11. The molecule has 1 atom stereocenters. The van der Waals surface area contributed by atoms with Gasteiger partial charge in [-0.15, -0.1) is 4.36 Å². The molecular formula is C11H16N2O3S. The van der Waals surface area contributed by atoms with Crippen molar-refractivity contribution in [3.8, 4) is 0 Å². The van der Waals surface area contributed by atoms with Crippen LogP contribution in [0.4, 0.5) is 10.5 Å². The summed E-state index contributed by atoms with van der Waals surface area (Å²) in [6, 6.07) is 7.01. The number of nitrogens with zero attached hydrogens (tertiary/aromatic N) is 1. The lowest BCUT2D eigenvalue weighted by Crippen LogP contribution is -2.07. The van der Waals surface area contributed by atoms with E-state index in [-0.39, 0.29) is 12.4 Å². The second kappa shape index (κ2) is 5.67. The zero-order valence-corrected chi connectivity index (χ0v) is 10.7. The van der Waals surface area contributed by atoms with E-state index in [1.807, 2.05) is 0 Å². The molecule has 0 heterocycles. The molecule has 1 aromatic rings. The van der Waals surface area contributed by atoms with Crippen LogP contribution in [0.5, 0.6) is 0 Å². The summed E-state index contributed by atoms with van der Waals surface area (Å²) < 4.78 is 20.2. The second-order valence-electron chi connectivity index (χ2n) is 3.64. The molecule has 0 aliphatic heterocycles. The Kier molecular flexibility index (Phi) is 4.51. The van der Waals surface area contributed by atoms with Crippen LogP contribution >= 0.6 is 0 Å². The topological polar surface area (TPSA) is 81.8 Å². The Balaban J connectivity index is 2.86. The number of carbonyl (C=O) groups is 1. The summed E-state index contributed by atoms with van der Waals surface area (Å²) in [5, 5.41) is 0. The van der Waals surface area contributed by atoms with Gasteiger partial charge in [-0.25, -0.2) is 9.00 Å². The van der Waals surface area contributed by atoms with E-state index in [9.17, 15) is 9.00 Å². The van der Waals surface area contributed by atoms with E-state index < -0.39 is 15.8 Å². The Labute approximate surface area is 101 Å². The number of anilines is 1. The van der Waals surface area contributed by atoms with Gasteiger partial charge in [-0.1, -0.05) is 12.1 Å². The normalized spacial score (nSPS) is 13.8. The molecule has 1 rings (SSSR count). The van der Waals surface area contributed by atoms with E-state index in [2.05, 4.69) is 9.10 Å². The molecule has 17 heavy (non-hydrogen) atoms. The van der Waals surface area contributed by atoms with Crippen molar-refractivity contribution >= 4 is 21.5 Å². The first kappa shape index (κ1) is 13.5. The minimum atomic E-state index is -2.63. The summed E-state index contributed by atoms with van der Waals surface area (Å²) in [6.45, 7) is 1.89. The van der Waals surface area contributed by atoms with Crippen LogP contribution in [0, 0.1) is 0 Å². The molecule has 5 nitrogen and oxygen atoms in total. The molecule has 1 amide bonds. The van der Waals surface area contributed by atoms with Gasteiger partial charge in [-0.2, -0.15) is 0 Å². The van der Waals surface area contributed by atoms with Gasteiger partial charge in [0.2, 0.25) is 0 Å². The van der Waals surface area contributed by atoms with Crippen molar-refractivity contribution in [2.75, 3.05) is 18.6 Å². The number of nitrogen functional groups attached to an aromatic ring is 1. The lowest BCUT2D eigenvalue weighted by Gasteiger charge is -2.05. The van der Waals surface area contributed by atoms with Crippen molar-refractivity contribution in [2.24, 2.45) is 4.36 Å². The van der Waals surface area contributed by atoms with Crippen molar-refractivity contribution < 1.29 is 13.7 Å². The number of carbonyl (C=O) groups excluding carboxylic acids is 1. The van der Waals surface area contributed by atoms with Crippen LogP contribution in [0.25, 0.3) is 0 Å². The highest BCUT2D eigenvalue weighted by atomic mass is 32.2. The van der Waals surface area contributed by atoms with Gasteiger partial charge >= 0.3 is 6.09 Å². The van der Waals surface area contributed by atoms with Crippen molar-refractivity contribution in [3.05, 3.63) is 29.8 Å². The van der Waals surface area contributed by atoms with Gasteiger partial charge in [-0.05, 0) is 24.6 Å². The van der Waals surface area contributed by atoms with Crippen LogP contribution in [-0.4, -0.2) is 23.2 Å². The molecule has 0 spiro atoms. The number of rotatable bonds is 3. The Morgan fingerprint density at radius 3 is 2.82 bits per heavy atom. The van der Waals surface area contributed by atoms with Crippen molar-refractivity contribution in [1.29, 1.82) is 0 Å². The average molecular weight is 256 g/mol. The molecule has 0 aliphatic rings. The third-order valence-corrected chi connectivity index (χ3v) is 3.33. The first-order chi connectivity index (χ1) is 7.93. The standard InChI is InChI=1S/C11H16N2O3S/c1-3-16-11(14)13-17(2,15)8-9-5-4-6-10(12)7-9/h4-7H,3,8,12H2,1-2H3. The van der Waals surface area contributed by atoms with Gasteiger partial charge in [0.05, 0.1) is 22.1 Å². The molecule has 0 radical (unpaired) electrons. The Morgan fingerprint density at radius 1 is 1.53 bits per heavy atom. The number of nitrogens with two attached hydrogens (primary N) is 1. The lowest BCUT2D eigenvalue weighted by molar-refractivity contribution is 0.164. The SMILES string of the molecule is CCOC(=O)N=S(C)(=O)Cc1cccc(N)c1. The molecule has 2 N–H and O–H groups in total. The fourth-order valence-electron chi connectivity index (χ4n) is 1.33. The van der Waals surface area contributed by atoms with Crippen molar-refractivity contribution in [2.45, 2.75) is 12.7 Å². The van der Waals surface area contributed by atoms with E-state index in [0.29, 0.717) is 5.69 Å². The minimum Gasteiger partial charge on any atom is -0.448 e. The van der Waals surface area contributed by atoms with Gasteiger partial charge in [0.1, 0.15) is 0 Å². The van der Waals surface area contributed by atoms with E-state index >= 15 is 0 Å². The zero-order chi connectivity index (χ0) is 12.9. The molecule has 1 aromatic carbocycles. The maximum Gasteiger partial charge on any atom is 0.441 e. The fourth-order valence-corrected chi connectivity index (χ4v) is 2.56. The zero-order valence-electron chi connectivity index (χ0n) is 9.88. The lowest BCUT2D eigenvalue weighted by atomic mass is 10.2. The fraction of sp³-hybridized carbons (Fsp3) is 0.364. The number of ether oxygens (including phenoxy) is 1. The molecule has 0 fully saturated rings. The van der Waals surface area contributed by atoms with Crippen molar-refractivity contribution in [1.82, 2.24) is 0 Å². The molecule has 0 aromatic heterocycles. The van der Waals surface area contributed by atoms with Gasteiger partial charge < -0.3 is 10.5 Å². The number of hydrogen-bond acceptors (Lipinski definition) is 4. The van der Waals surface area contributed by atoms with E-state index in [1.54, 1.807) is 31.2 Å². The van der Waals surface area contributed by atoms with Crippen LogP contribution in [0.1, 0.15) is 12.5 Å². The quantitative estimate of drug-likeness (QED) is 0.839. The first-order valence-electron chi connectivity index (χ1n) is 5.14. The average Bonchev–Trinajstić information content (AvgIpc) is 2.15. The number of hydrogen-bond donors (Lipinski definition) is 1. The third-order valence-electron chi connectivity index (χ3n) is 1.92. The first-order valence-corrected chi connectivity index (χ1v) is 7.23. The summed E-state index contributed by atoms with van der Waals surface area (Å²) in [5.74, 6) is 0.177. The third kappa shape index (κ3) is 4.86. The van der Waals surface area contributed by atoms with Crippen LogP contribution in [0.3, 0.4) is 0 Å². The Bertz CT molecular complexity index is 519. The number of amides is 1. The highest BCUT2D eigenvalue weighted by Gasteiger charge is 2.08. The smallest absolute Gasteiger partial charge is 0.441 e. The summed E-state index contributed by atoms with van der Waals surface area (Å²) in [5.41, 5.74) is 6.99. The van der Waals surface area contributed by atoms with E-state index in [4.69, 9.17) is 5.73 Å². The van der Waals surface area contributed by atoms with Gasteiger partial charge in [-0.3, -0.25) is 0 Å². The predicted octanol–water partition coefficient (Wildman–Crippen LogP) is 2.02. The molecule has 1 unspecified atom stereocenters. The largest absolute Gasteiger partial charge is 0.448 e. The van der Waals surface area contributed by atoms with Crippen LogP contribution < -0.4 is 5.73 Å². The summed E-state index contributed by atoms with van der Waals surface area (Å²) in [6.07, 6.45) is 0.636. The van der Waals surface area contributed by atoms with Gasteiger partial charge in [0, 0.05) is 11.9 Å². The molecule has 6 heteroatoms. The summed E-state index contributed by atoms with van der Waals surface area (Å²) in [4.78, 5) is 11.1. The van der Waals surface area contributed by atoms with Gasteiger partial charge in [0.25, 0.3) is 0 Å². The number of benzene rings is 1. The predicted molar refractivity (Wildman–Crippen MR) is 68.1 cm³/mol. The minimum absolute atomic E-state index is 0.177. The maximum absolute atomic E-state index is 12.0. The van der Waals surface area contributed by atoms with E-state index in [1.165, 1.54) is 6.26 Å². The Hall–Kier alpha value is -1.56. The van der Waals surface area contributed by atoms with Crippen LogP contribution in [0.2, 0.25) is 0 Å². The summed E-state index contributed by atoms with van der Waals surface area (Å²) in [7, 11) is -2.63. The molecule has 0 aliphatic carbocycles. The highest BCUT2D eigenvalue weighted by molar-refractivity contribution is 7.92. The molecule has 94 valence electrons.